The molecule has 0 saturated heterocycles. The topological polar surface area (TPSA) is 64.3 Å². The molecule has 5 nitrogen and oxygen atoms in total. The number of hydrogen-bond acceptors (Lipinski definition) is 3. The maximum atomic E-state index is 10.6. The molecule has 120 valence electrons. The van der Waals surface area contributed by atoms with Gasteiger partial charge in [-0.2, -0.15) is 0 Å². The number of carboxylic acid groups (broad SMARTS) is 1. The minimum atomic E-state index is -1.02. The fourth-order valence-corrected chi connectivity index (χ4v) is 2.21. The van der Waals surface area contributed by atoms with Crippen molar-refractivity contribution >= 4 is 16.9 Å². The third-order valence-electron chi connectivity index (χ3n) is 3.13. The number of carboxylic acids is 1. The highest BCUT2D eigenvalue weighted by atomic mass is 16.5. The Morgan fingerprint density at radius 3 is 2.43 bits per heavy atom. The van der Waals surface area contributed by atoms with Crippen LogP contribution >= 0.6 is 0 Å². The molecule has 0 saturated carbocycles. The highest BCUT2D eigenvalue weighted by Gasteiger charge is 2.12. The summed E-state index contributed by atoms with van der Waals surface area (Å²) in [5, 5.41) is 13.9. The summed E-state index contributed by atoms with van der Waals surface area (Å²) in [5.74, 6) is -0.666. The number of aliphatic carboxylic acids is 1. The molecular weight excluding hydrogens is 292 g/mol. The largest absolute Gasteiger partial charge is 0.479 e. The maximum absolute atomic E-state index is 10.6. The van der Waals surface area contributed by atoms with Crippen LogP contribution in [0.4, 0.5) is 0 Å². The molecule has 0 aliphatic rings. The Morgan fingerprint density at radius 2 is 1.74 bits per heavy atom. The molecule has 3 rings (SSSR count). The maximum Gasteiger partial charge on any atom is 0.341 e. The molecule has 0 aliphatic heterocycles. The minimum Gasteiger partial charge on any atom is -0.479 e. The van der Waals surface area contributed by atoms with Crippen molar-refractivity contribution in [1.29, 1.82) is 0 Å². The van der Waals surface area contributed by atoms with E-state index in [0.717, 1.165) is 16.5 Å². The second kappa shape index (κ2) is 7.98. The second-order valence-electron chi connectivity index (χ2n) is 4.65. The molecule has 3 aromatic rings. The molecule has 2 aromatic carbocycles. The number of hydrogen-bond donors (Lipinski definition) is 1. The zero-order valence-electron chi connectivity index (χ0n) is 13.3. The molecule has 1 heterocycles. The smallest absolute Gasteiger partial charge is 0.341 e. The Labute approximate surface area is 135 Å². The number of carbonyl (C=O) groups is 1. The number of para-hydroxylation sites is 1. The Kier molecular flexibility index (Phi) is 5.74. The van der Waals surface area contributed by atoms with Crippen LogP contribution in [0.5, 0.6) is 5.88 Å². The summed E-state index contributed by atoms with van der Waals surface area (Å²) in [7, 11) is 0. The number of ether oxygens (including phenoxy) is 1. The predicted octanol–water partition coefficient (Wildman–Crippen LogP) is 3.57. The van der Waals surface area contributed by atoms with Crippen molar-refractivity contribution in [2.75, 3.05) is 6.61 Å². The van der Waals surface area contributed by atoms with E-state index in [-0.39, 0.29) is 0 Å². The van der Waals surface area contributed by atoms with Gasteiger partial charge in [-0.25, -0.2) is 4.79 Å². The third kappa shape index (κ3) is 4.10. The van der Waals surface area contributed by atoms with E-state index >= 15 is 0 Å². The number of benzene rings is 2. The van der Waals surface area contributed by atoms with E-state index in [0.29, 0.717) is 12.4 Å². The molecule has 1 aromatic heterocycles. The van der Waals surface area contributed by atoms with Crippen molar-refractivity contribution in [1.82, 2.24) is 9.78 Å². The number of nitrogens with zero attached hydrogens (tertiary/aromatic N) is 2. The molecule has 0 fully saturated rings. The second-order valence-corrected chi connectivity index (χ2v) is 4.65. The highest BCUT2D eigenvalue weighted by molar-refractivity contribution is 5.85. The first-order valence-electron chi connectivity index (χ1n) is 7.58. The van der Waals surface area contributed by atoms with Crippen molar-refractivity contribution in [2.45, 2.75) is 20.4 Å². The van der Waals surface area contributed by atoms with Gasteiger partial charge in [-0.05, 0) is 17.7 Å². The van der Waals surface area contributed by atoms with Crippen LogP contribution in [-0.4, -0.2) is 27.5 Å². The van der Waals surface area contributed by atoms with E-state index in [1.54, 1.807) is 0 Å². The van der Waals surface area contributed by atoms with Crippen molar-refractivity contribution in [3.8, 4) is 5.88 Å². The number of rotatable bonds is 5. The first-order chi connectivity index (χ1) is 11.2. The van der Waals surface area contributed by atoms with Gasteiger partial charge < -0.3 is 9.84 Å². The van der Waals surface area contributed by atoms with Gasteiger partial charge in [0.2, 0.25) is 5.88 Å². The van der Waals surface area contributed by atoms with Gasteiger partial charge in [-0.3, -0.25) is 4.68 Å². The molecule has 0 radical (unpaired) electrons. The molecule has 0 aliphatic carbocycles. The molecule has 0 spiro atoms. The standard InChI is InChI=1S/C16H14N2O3.C2H6/c19-15(20)11-21-16-13-8-4-5-9-14(13)18(17-16)10-12-6-2-1-3-7-12;1-2/h1-9H,10-11H2,(H,19,20);1-2H3. The average molecular weight is 312 g/mol. The van der Waals surface area contributed by atoms with E-state index in [1.165, 1.54) is 0 Å². The van der Waals surface area contributed by atoms with Crippen LogP contribution in [-0.2, 0) is 11.3 Å². The predicted molar refractivity (Wildman–Crippen MR) is 89.8 cm³/mol. The monoisotopic (exact) mass is 312 g/mol. The van der Waals surface area contributed by atoms with Gasteiger partial charge in [0.25, 0.3) is 0 Å². The van der Waals surface area contributed by atoms with Crippen molar-refractivity contribution in [2.24, 2.45) is 0 Å². The highest BCUT2D eigenvalue weighted by Crippen LogP contribution is 2.25. The minimum absolute atomic E-state index is 0.351. The lowest BCUT2D eigenvalue weighted by Crippen LogP contribution is -2.10. The Bertz CT molecular complexity index is 766. The van der Waals surface area contributed by atoms with Gasteiger partial charge in [0.1, 0.15) is 0 Å². The van der Waals surface area contributed by atoms with Crippen LogP contribution in [0.25, 0.3) is 10.9 Å². The zero-order valence-corrected chi connectivity index (χ0v) is 13.3. The van der Waals surface area contributed by atoms with Crippen LogP contribution in [0, 0.1) is 0 Å². The van der Waals surface area contributed by atoms with E-state index in [9.17, 15) is 4.79 Å². The van der Waals surface area contributed by atoms with Gasteiger partial charge >= 0.3 is 5.97 Å². The summed E-state index contributed by atoms with van der Waals surface area (Å²) in [6.45, 7) is 4.21. The fourth-order valence-electron chi connectivity index (χ4n) is 2.21. The van der Waals surface area contributed by atoms with Gasteiger partial charge in [0.15, 0.2) is 6.61 Å². The molecule has 23 heavy (non-hydrogen) atoms. The van der Waals surface area contributed by atoms with Gasteiger partial charge in [-0.15, -0.1) is 5.10 Å². The van der Waals surface area contributed by atoms with Crippen LogP contribution in [0.3, 0.4) is 0 Å². The third-order valence-corrected chi connectivity index (χ3v) is 3.13. The summed E-state index contributed by atoms with van der Waals surface area (Å²) in [4.78, 5) is 10.6. The molecule has 1 N–H and O–H groups in total. The fraction of sp³-hybridized carbons (Fsp3) is 0.222. The first-order valence-corrected chi connectivity index (χ1v) is 7.58. The summed E-state index contributed by atoms with van der Waals surface area (Å²) in [6, 6.07) is 17.6. The van der Waals surface area contributed by atoms with E-state index in [2.05, 4.69) is 5.10 Å². The molecule has 0 unspecified atom stereocenters. The molecular formula is C18H20N2O3. The zero-order chi connectivity index (χ0) is 16.7. The quantitative estimate of drug-likeness (QED) is 0.782. The van der Waals surface area contributed by atoms with Gasteiger partial charge in [0, 0.05) is 0 Å². The Balaban J connectivity index is 0.000000924. The van der Waals surface area contributed by atoms with Crippen LogP contribution in [0.15, 0.2) is 54.6 Å². The number of fused-ring (bicyclic) bond motifs is 1. The van der Waals surface area contributed by atoms with E-state index in [4.69, 9.17) is 9.84 Å². The van der Waals surface area contributed by atoms with Crippen LogP contribution in [0.2, 0.25) is 0 Å². The number of aromatic nitrogens is 2. The lowest BCUT2D eigenvalue weighted by molar-refractivity contribution is -0.139. The Morgan fingerprint density at radius 1 is 1.09 bits per heavy atom. The molecule has 5 heteroatoms. The lowest BCUT2D eigenvalue weighted by atomic mass is 10.2. The summed E-state index contributed by atoms with van der Waals surface area (Å²) >= 11 is 0. The van der Waals surface area contributed by atoms with Crippen molar-refractivity contribution < 1.29 is 14.6 Å². The molecule has 0 bridgehead atoms. The normalized spacial score (nSPS) is 10.0. The van der Waals surface area contributed by atoms with Gasteiger partial charge in [-0.1, -0.05) is 56.3 Å². The van der Waals surface area contributed by atoms with Crippen LogP contribution < -0.4 is 4.74 Å². The van der Waals surface area contributed by atoms with Crippen molar-refractivity contribution in [3.05, 3.63) is 60.2 Å². The van der Waals surface area contributed by atoms with Crippen molar-refractivity contribution in [3.63, 3.8) is 0 Å². The molecule has 0 amide bonds. The Hall–Kier alpha value is -2.82. The summed E-state index contributed by atoms with van der Waals surface area (Å²) in [5.41, 5.74) is 2.04. The van der Waals surface area contributed by atoms with E-state index in [1.807, 2.05) is 73.1 Å². The van der Waals surface area contributed by atoms with Crippen LogP contribution in [0.1, 0.15) is 19.4 Å². The van der Waals surface area contributed by atoms with Gasteiger partial charge in [0.05, 0.1) is 17.4 Å². The first kappa shape index (κ1) is 16.5. The summed E-state index contributed by atoms with van der Waals surface area (Å²) < 4.78 is 7.09. The summed E-state index contributed by atoms with van der Waals surface area (Å²) in [6.07, 6.45) is 0. The average Bonchev–Trinajstić information content (AvgIpc) is 2.94. The SMILES string of the molecule is CC.O=C(O)COc1nn(Cc2ccccc2)c2ccccc12. The lowest BCUT2D eigenvalue weighted by Gasteiger charge is -2.03. The molecule has 0 atom stereocenters. The van der Waals surface area contributed by atoms with E-state index < -0.39 is 12.6 Å².